The molecule has 1 aliphatic rings. The standard InChI is InChI=1S/C13H22N4O2S2/c1-10-4-3-6-17(8-10)11(18)9-20-13-16-15-12(21-13)14-5-7-19-2/h10H,3-9H2,1-2H3,(H,14,15). The molecule has 0 saturated carbocycles. The Morgan fingerprint density at radius 1 is 1.57 bits per heavy atom. The van der Waals surface area contributed by atoms with Gasteiger partial charge in [-0.25, -0.2) is 0 Å². The van der Waals surface area contributed by atoms with Crippen molar-refractivity contribution in [3.05, 3.63) is 0 Å². The molecule has 8 heteroatoms. The summed E-state index contributed by atoms with van der Waals surface area (Å²) in [7, 11) is 1.66. The third kappa shape index (κ3) is 5.44. The van der Waals surface area contributed by atoms with Gasteiger partial charge < -0.3 is 15.0 Å². The summed E-state index contributed by atoms with van der Waals surface area (Å²) in [6.07, 6.45) is 2.34. The first-order chi connectivity index (χ1) is 10.2. The van der Waals surface area contributed by atoms with Gasteiger partial charge in [0.2, 0.25) is 11.0 Å². The second-order valence-electron chi connectivity index (χ2n) is 5.17. The number of likely N-dealkylation sites (tertiary alicyclic amines) is 1. The number of amides is 1. The van der Waals surface area contributed by atoms with Crippen molar-refractivity contribution in [3.63, 3.8) is 0 Å². The number of methoxy groups -OCH3 is 1. The molecule has 6 nitrogen and oxygen atoms in total. The maximum absolute atomic E-state index is 12.2. The Labute approximate surface area is 133 Å². The van der Waals surface area contributed by atoms with E-state index in [0.29, 0.717) is 24.8 Å². The summed E-state index contributed by atoms with van der Waals surface area (Å²) in [4.78, 5) is 14.1. The molecule has 1 amide bonds. The third-order valence-electron chi connectivity index (χ3n) is 3.32. The summed E-state index contributed by atoms with van der Waals surface area (Å²) >= 11 is 2.94. The van der Waals surface area contributed by atoms with Crippen LogP contribution in [-0.4, -0.2) is 60.1 Å². The number of ether oxygens (including phenoxy) is 1. The molecule has 2 rings (SSSR count). The molecule has 1 unspecified atom stereocenters. The van der Waals surface area contributed by atoms with Crippen LogP contribution in [0.1, 0.15) is 19.8 Å². The van der Waals surface area contributed by atoms with Crippen molar-refractivity contribution in [2.24, 2.45) is 5.92 Å². The van der Waals surface area contributed by atoms with Gasteiger partial charge in [0.25, 0.3) is 0 Å². The molecule has 1 N–H and O–H groups in total. The van der Waals surface area contributed by atoms with Crippen LogP contribution in [0.3, 0.4) is 0 Å². The number of nitrogens with zero attached hydrogens (tertiary/aromatic N) is 3. The number of aromatic nitrogens is 2. The molecule has 0 spiro atoms. The van der Waals surface area contributed by atoms with Crippen LogP contribution in [0.5, 0.6) is 0 Å². The van der Waals surface area contributed by atoms with Gasteiger partial charge in [-0.05, 0) is 18.8 Å². The van der Waals surface area contributed by atoms with Gasteiger partial charge in [0, 0.05) is 26.7 Å². The van der Waals surface area contributed by atoms with Crippen LogP contribution >= 0.6 is 23.1 Å². The predicted octanol–water partition coefficient (Wildman–Crippen LogP) is 1.95. The number of piperidine rings is 1. The van der Waals surface area contributed by atoms with E-state index < -0.39 is 0 Å². The highest BCUT2D eigenvalue weighted by Gasteiger charge is 2.21. The number of hydrogen-bond acceptors (Lipinski definition) is 7. The Hall–Kier alpha value is -0.860. The summed E-state index contributed by atoms with van der Waals surface area (Å²) in [6.45, 7) is 5.33. The molecule has 1 aromatic rings. The Kier molecular flexibility index (Phi) is 6.72. The highest BCUT2D eigenvalue weighted by Crippen LogP contribution is 2.26. The van der Waals surface area contributed by atoms with E-state index in [1.54, 1.807) is 7.11 Å². The van der Waals surface area contributed by atoms with Crippen molar-refractivity contribution >= 4 is 34.1 Å². The van der Waals surface area contributed by atoms with E-state index >= 15 is 0 Å². The van der Waals surface area contributed by atoms with Crippen LogP contribution in [0, 0.1) is 5.92 Å². The topological polar surface area (TPSA) is 67.3 Å². The third-order valence-corrected chi connectivity index (χ3v) is 5.32. The molecule has 1 aromatic heterocycles. The summed E-state index contributed by atoms with van der Waals surface area (Å²) in [5.74, 6) is 1.26. The zero-order chi connectivity index (χ0) is 15.1. The number of carbonyl (C=O) groups excluding carboxylic acids is 1. The lowest BCUT2D eigenvalue weighted by atomic mass is 10.0. The lowest BCUT2D eigenvalue weighted by Gasteiger charge is -2.30. The number of rotatable bonds is 7. The van der Waals surface area contributed by atoms with Crippen molar-refractivity contribution in [2.45, 2.75) is 24.1 Å². The summed E-state index contributed by atoms with van der Waals surface area (Å²) in [5, 5.41) is 12.0. The average molecular weight is 330 g/mol. The summed E-state index contributed by atoms with van der Waals surface area (Å²) in [6, 6.07) is 0. The second kappa shape index (κ2) is 8.55. The van der Waals surface area contributed by atoms with Crippen molar-refractivity contribution in [3.8, 4) is 0 Å². The zero-order valence-electron chi connectivity index (χ0n) is 12.5. The van der Waals surface area contributed by atoms with Crippen LogP contribution in [0.25, 0.3) is 0 Å². The van der Waals surface area contributed by atoms with Gasteiger partial charge in [0.05, 0.1) is 12.4 Å². The fourth-order valence-electron chi connectivity index (χ4n) is 2.23. The Morgan fingerprint density at radius 2 is 2.43 bits per heavy atom. The minimum Gasteiger partial charge on any atom is -0.383 e. The molecule has 0 aliphatic carbocycles. The number of carbonyl (C=O) groups is 1. The van der Waals surface area contributed by atoms with E-state index in [4.69, 9.17) is 4.74 Å². The highest BCUT2D eigenvalue weighted by molar-refractivity contribution is 8.01. The largest absolute Gasteiger partial charge is 0.383 e. The maximum atomic E-state index is 12.2. The first kappa shape index (κ1) is 16.5. The molecule has 2 heterocycles. The summed E-state index contributed by atoms with van der Waals surface area (Å²) < 4.78 is 5.79. The number of hydrogen-bond donors (Lipinski definition) is 1. The van der Waals surface area contributed by atoms with Crippen LogP contribution in [0.15, 0.2) is 4.34 Å². The Morgan fingerprint density at radius 3 is 3.19 bits per heavy atom. The van der Waals surface area contributed by atoms with Gasteiger partial charge in [0.15, 0.2) is 4.34 Å². The van der Waals surface area contributed by atoms with E-state index in [1.807, 2.05) is 4.90 Å². The maximum Gasteiger partial charge on any atom is 0.233 e. The van der Waals surface area contributed by atoms with Crippen molar-refractivity contribution in [1.82, 2.24) is 15.1 Å². The molecule has 1 saturated heterocycles. The van der Waals surface area contributed by atoms with E-state index in [-0.39, 0.29) is 5.91 Å². The number of thioether (sulfide) groups is 1. The van der Waals surface area contributed by atoms with Crippen molar-refractivity contribution < 1.29 is 9.53 Å². The van der Waals surface area contributed by atoms with Crippen LogP contribution in [0.4, 0.5) is 5.13 Å². The molecular formula is C13H22N4O2S2. The monoisotopic (exact) mass is 330 g/mol. The molecule has 0 bridgehead atoms. The van der Waals surface area contributed by atoms with Gasteiger partial charge in [-0.1, -0.05) is 30.0 Å². The number of nitrogens with one attached hydrogen (secondary N) is 1. The van der Waals surface area contributed by atoms with Crippen LogP contribution < -0.4 is 5.32 Å². The average Bonchev–Trinajstić information content (AvgIpc) is 2.93. The first-order valence-corrected chi connectivity index (χ1v) is 8.96. The first-order valence-electron chi connectivity index (χ1n) is 7.16. The zero-order valence-corrected chi connectivity index (χ0v) is 14.1. The Bertz CT molecular complexity index is 455. The van der Waals surface area contributed by atoms with E-state index in [2.05, 4.69) is 22.4 Å². The van der Waals surface area contributed by atoms with Gasteiger partial charge in [-0.3, -0.25) is 4.79 Å². The van der Waals surface area contributed by atoms with Crippen LogP contribution in [-0.2, 0) is 9.53 Å². The lowest BCUT2D eigenvalue weighted by Crippen LogP contribution is -2.40. The second-order valence-corrected chi connectivity index (χ2v) is 7.37. The highest BCUT2D eigenvalue weighted by atomic mass is 32.2. The quantitative estimate of drug-likeness (QED) is 0.609. The fourth-order valence-corrected chi connectivity index (χ4v) is 3.91. The summed E-state index contributed by atoms with van der Waals surface area (Å²) in [5.41, 5.74) is 0. The van der Waals surface area contributed by atoms with E-state index in [1.165, 1.54) is 29.5 Å². The normalized spacial score (nSPS) is 18.8. The minimum absolute atomic E-state index is 0.204. The molecule has 1 aliphatic heterocycles. The van der Waals surface area contributed by atoms with Gasteiger partial charge in [-0.15, -0.1) is 10.2 Å². The molecule has 1 fully saturated rings. The molecule has 0 aromatic carbocycles. The van der Waals surface area contributed by atoms with Crippen molar-refractivity contribution in [2.75, 3.05) is 44.4 Å². The molecule has 0 radical (unpaired) electrons. The Balaban J connectivity index is 1.73. The minimum atomic E-state index is 0.204. The van der Waals surface area contributed by atoms with Gasteiger partial charge >= 0.3 is 0 Å². The van der Waals surface area contributed by atoms with Gasteiger partial charge in [-0.2, -0.15) is 0 Å². The predicted molar refractivity (Wildman–Crippen MR) is 86.0 cm³/mol. The van der Waals surface area contributed by atoms with E-state index in [0.717, 1.165) is 29.0 Å². The fraction of sp³-hybridized carbons (Fsp3) is 0.769. The molecule has 1 atom stereocenters. The molecule has 118 valence electrons. The smallest absolute Gasteiger partial charge is 0.233 e. The SMILES string of the molecule is COCCNc1nnc(SCC(=O)N2CCCC(C)C2)s1. The molecule has 21 heavy (non-hydrogen) atoms. The van der Waals surface area contributed by atoms with Crippen molar-refractivity contribution in [1.29, 1.82) is 0 Å². The molecular weight excluding hydrogens is 308 g/mol. The lowest BCUT2D eigenvalue weighted by molar-refractivity contribution is -0.130. The van der Waals surface area contributed by atoms with Gasteiger partial charge in [0.1, 0.15) is 0 Å². The van der Waals surface area contributed by atoms with E-state index in [9.17, 15) is 4.79 Å². The number of anilines is 1. The van der Waals surface area contributed by atoms with Crippen LogP contribution in [0.2, 0.25) is 0 Å².